The standard InChI is InChI=1S/C18H30N2O3.C2HF3O2/c21-18(20-7-9-22-10-8-20)16-11-15-5-6-19(13-17(15)23-16)12-14-3-1-2-4-14;3-2(4,5)1(6)7/h14-17H,1-13H2;(H,6,7)/t15-,16+,17-;/m0./s1. The second kappa shape index (κ2) is 10.3. The van der Waals surface area contributed by atoms with E-state index in [1.807, 2.05) is 4.90 Å². The van der Waals surface area contributed by atoms with Gasteiger partial charge < -0.3 is 24.4 Å². The number of morpholine rings is 1. The predicted octanol–water partition coefficient (Wildman–Crippen LogP) is 2.15. The number of likely N-dealkylation sites (tertiary alicyclic amines) is 1. The largest absolute Gasteiger partial charge is 0.490 e. The molecule has 1 saturated carbocycles. The van der Waals surface area contributed by atoms with Crippen molar-refractivity contribution >= 4 is 11.9 Å². The monoisotopic (exact) mass is 436 g/mol. The quantitative estimate of drug-likeness (QED) is 0.731. The fourth-order valence-electron chi connectivity index (χ4n) is 4.86. The number of fused-ring (bicyclic) bond motifs is 1. The molecule has 1 aliphatic carbocycles. The third kappa shape index (κ3) is 6.31. The van der Waals surface area contributed by atoms with E-state index in [0.29, 0.717) is 19.1 Å². The molecular weight excluding hydrogens is 405 g/mol. The summed E-state index contributed by atoms with van der Waals surface area (Å²) in [5.74, 6) is -1.07. The molecule has 0 aromatic carbocycles. The van der Waals surface area contributed by atoms with Gasteiger partial charge in [0.2, 0.25) is 0 Å². The highest BCUT2D eigenvalue weighted by Gasteiger charge is 2.43. The number of ether oxygens (including phenoxy) is 2. The zero-order valence-corrected chi connectivity index (χ0v) is 17.1. The minimum Gasteiger partial charge on any atom is -0.475 e. The SMILES string of the molecule is O=C(O)C(F)(F)F.O=C([C@H]1C[C@@H]2CCN(CC3CCCC3)C[C@@H]2O1)N1CCOCC1. The molecule has 1 amide bonds. The van der Waals surface area contributed by atoms with Crippen molar-refractivity contribution in [2.45, 2.75) is 56.9 Å². The number of hydrogen-bond acceptors (Lipinski definition) is 5. The molecule has 4 fully saturated rings. The highest BCUT2D eigenvalue weighted by molar-refractivity contribution is 5.81. The summed E-state index contributed by atoms with van der Waals surface area (Å²) in [5, 5.41) is 7.12. The molecule has 0 radical (unpaired) electrons. The lowest BCUT2D eigenvalue weighted by atomic mass is 9.91. The number of alkyl halides is 3. The van der Waals surface area contributed by atoms with Crippen molar-refractivity contribution in [2.24, 2.45) is 11.8 Å². The molecule has 0 aromatic rings. The molecule has 3 heterocycles. The van der Waals surface area contributed by atoms with Crippen LogP contribution in [0.4, 0.5) is 13.2 Å². The highest BCUT2D eigenvalue weighted by Crippen LogP contribution is 2.35. The summed E-state index contributed by atoms with van der Waals surface area (Å²) in [4.78, 5) is 26.1. The van der Waals surface area contributed by atoms with E-state index in [9.17, 15) is 18.0 Å². The lowest BCUT2D eigenvalue weighted by Crippen LogP contribution is -2.46. The van der Waals surface area contributed by atoms with Crippen molar-refractivity contribution < 1.29 is 37.3 Å². The van der Waals surface area contributed by atoms with Gasteiger partial charge in [-0.25, -0.2) is 4.79 Å². The minimum atomic E-state index is -5.08. The van der Waals surface area contributed by atoms with E-state index >= 15 is 0 Å². The van der Waals surface area contributed by atoms with Gasteiger partial charge in [-0.15, -0.1) is 0 Å². The summed E-state index contributed by atoms with van der Waals surface area (Å²) >= 11 is 0. The Morgan fingerprint density at radius 1 is 1.03 bits per heavy atom. The molecule has 1 N–H and O–H groups in total. The van der Waals surface area contributed by atoms with Crippen LogP contribution in [-0.2, 0) is 19.1 Å². The van der Waals surface area contributed by atoms with Crippen LogP contribution < -0.4 is 0 Å². The summed E-state index contributed by atoms with van der Waals surface area (Å²) in [6, 6.07) is 0. The number of hydrogen-bond donors (Lipinski definition) is 1. The number of carbonyl (C=O) groups is 2. The van der Waals surface area contributed by atoms with Crippen molar-refractivity contribution in [3.05, 3.63) is 0 Å². The molecule has 172 valence electrons. The summed E-state index contributed by atoms with van der Waals surface area (Å²) in [6.07, 6.45) is 2.76. The Hall–Kier alpha value is -1.39. The Morgan fingerprint density at radius 2 is 1.67 bits per heavy atom. The van der Waals surface area contributed by atoms with E-state index in [1.54, 1.807) is 0 Å². The molecule has 3 aliphatic heterocycles. The van der Waals surface area contributed by atoms with Crippen molar-refractivity contribution in [1.82, 2.24) is 9.80 Å². The number of carbonyl (C=O) groups excluding carboxylic acids is 1. The van der Waals surface area contributed by atoms with Gasteiger partial charge in [-0.3, -0.25) is 4.79 Å². The fourth-order valence-corrected chi connectivity index (χ4v) is 4.86. The second-order valence-corrected chi connectivity index (χ2v) is 8.60. The summed E-state index contributed by atoms with van der Waals surface area (Å²) in [7, 11) is 0. The first-order chi connectivity index (χ1) is 14.2. The third-order valence-corrected chi connectivity index (χ3v) is 6.47. The Labute approximate surface area is 174 Å². The average Bonchev–Trinajstić information content (AvgIpc) is 3.37. The molecule has 0 unspecified atom stereocenters. The Morgan fingerprint density at radius 3 is 2.27 bits per heavy atom. The van der Waals surface area contributed by atoms with Crippen LogP contribution in [0.25, 0.3) is 0 Å². The maximum Gasteiger partial charge on any atom is 0.490 e. The van der Waals surface area contributed by atoms with Gasteiger partial charge in [0.1, 0.15) is 6.10 Å². The van der Waals surface area contributed by atoms with Crippen molar-refractivity contribution in [1.29, 1.82) is 0 Å². The third-order valence-electron chi connectivity index (χ3n) is 6.47. The van der Waals surface area contributed by atoms with Crippen LogP contribution in [0, 0.1) is 11.8 Å². The first-order valence-corrected chi connectivity index (χ1v) is 10.8. The zero-order valence-electron chi connectivity index (χ0n) is 17.1. The van der Waals surface area contributed by atoms with Crippen LogP contribution >= 0.6 is 0 Å². The molecule has 4 aliphatic rings. The molecule has 30 heavy (non-hydrogen) atoms. The van der Waals surface area contributed by atoms with Gasteiger partial charge in [-0.05, 0) is 44.1 Å². The number of amides is 1. The normalized spacial score (nSPS) is 30.5. The lowest BCUT2D eigenvalue weighted by molar-refractivity contribution is -0.192. The number of nitrogens with zero attached hydrogens (tertiary/aromatic N) is 2. The lowest BCUT2D eigenvalue weighted by Gasteiger charge is -2.35. The van der Waals surface area contributed by atoms with Crippen LogP contribution in [0.15, 0.2) is 0 Å². The molecule has 3 saturated heterocycles. The van der Waals surface area contributed by atoms with Gasteiger partial charge in [-0.1, -0.05) is 12.8 Å². The van der Waals surface area contributed by atoms with E-state index in [2.05, 4.69) is 4.90 Å². The number of carboxylic acid groups (broad SMARTS) is 1. The van der Waals surface area contributed by atoms with Crippen LogP contribution in [0.5, 0.6) is 0 Å². The molecular formula is C20H31F3N2O5. The number of halogens is 3. The number of piperidine rings is 1. The Bertz CT molecular complexity index is 591. The number of carboxylic acids is 1. The van der Waals surface area contributed by atoms with Crippen molar-refractivity contribution in [3.8, 4) is 0 Å². The van der Waals surface area contributed by atoms with Gasteiger partial charge in [-0.2, -0.15) is 13.2 Å². The van der Waals surface area contributed by atoms with Gasteiger partial charge in [0.15, 0.2) is 0 Å². The topological polar surface area (TPSA) is 79.3 Å². The average molecular weight is 436 g/mol. The van der Waals surface area contributed by atoms with Crippen LogP contribution in [-0.4, -0.2) is 91.1 Å². The van der Waals surface area contributed by atoms with Gasteiger partial charge in [0.05, 0.1) is 19.3 Å². The van der Waals surface area contributed by atoms with Crippen LogP contribution in [0.2, 0.25) is 0 Å². The highest BCUT2D eigenvalue weighted by atomic mass is 19.4. The van der Waals surface area contributed by atoms with Crippen LogP contribution in [0.3, 0.4) is 0 Å². The maximum atomic E-state index is 12.6. The Balaban J connectivity index is 0.000000318. The summed E-state index contributed by atoms with van der Waals surface area (Å²) < 4.78 is 43.3. The van der Waals surface area contributed by atoms with Crippen molar-refractivity contribution in [3.63, 3.8) is 0 Å². The minimum absolute atomic E-state index is 0.199. The van der Waals surface area contributed by atoms with Gasteiger partial charge in [0.25, 0.3) is 5.91 Å². The first-order valence-electron chi connectivity index (χ1n) is 10.8. The number of aliphatic carboxylic acids is 1. The van der Waals surface area contributed by atoms with Crippen LogP contribution in [0.1, 0.15) is 38.5 Å². The second-order valence-electron chi connectivity index (χ2n) is 8.60. The zero-order chi connectivity index (χ0) is 21.7. The van der Waals surface area contributed by atoms with Gasteiger partial charge >= 0.3 is 12.1 Å². The summed E-state index contributed by atoms with van der Waals surface area (Å²) in [6.45, 7) is 6.26. The van der Waals surface area contributed by atoms with E-state index in [4.69, 9.17) is 19.4 Å². The molecule has 4 rings (SSSR count). The summed E-state index contributed by atoms with van der Waals surface area (Å²) in [5.41, 5.74) is 0. The smallest absolute Gasteiger partial charge is 0.475 e. The van der Waals surface area contributed by atoms with E-state index in [0.717, 1.165) is 32.0 Å². The molecule has 7 nitrogen and oxygen atoms in total. The number of rotatable bonds is 3. The van der Waals surface area contributed by atoms with E-state index < -0.39 is 12.1 Å². The fraction of sp³-hybridized carbons (Fsp3) is 0.900. The predicted molar refractivity (Wildman–Crippen MR) is 101 cm³/mol. The van der Waals surface area contributed by atoms with Gasteiger partial charge in [0, 0.05) is 26.2 Å². The molecule has 3 atom stereocenters. The molecule has 0 spiro atoms. The first kappa shape index (κ1) is 23.3. The molecule has 0 aromatic heterocycles. The molecule has 0 bridgehead atoms. The Kier molecular flexibility index (Phi) is 7.98. The molecule has 10 heteroatoms. The van der Waals surface area contributed by atoms with Crippen molar-refractivity contribution in [2.75, 3.05) is 45.9 Å². The maximum absolute atomic E-state index is 12.6. The van der Waals surface area contributed by atoms with E-state index in [1.165, 1.54) is 45.2 Å². The van der Waals surface area contributed by atoms with E-state index in [-0.39, 0.29) is 18.1 Å².